The van der Waals surface area contributed by atoms with Gasteiger partial charge in [0, 0.05) is 23.4 Å². The molecule has 0 saturated carbocycles. The van der Waals surface area contributed by atoms with Crippen LogP contribution in [0.2, 0.25) is 10.0 Å². The highest BCUT2D eigenvalue weighted by Gasteiger charge is 2.05. The van der Waals surface area contributed by atoms with E-state index in [1.54, 1.807) is 36.5 Å². The Bertz CT molecular complexity index is 532. The molecule has 0 spiro atoms. The summed E-state index contributed by atoms with van der Waals surface area (Å²) in [7, 11) is 0. The first-order valence-corrected chi connectivity index (χ1v) is 5.63. The fourth-order valence-electron chi connectivity index (χ4n) is 1.29. The van der Waals surface area contributed by atoms with Gasteiger partial charge in [-0.15, -0.1) is 0 Å². The fraction of sp³-hybridized carbons (Fsp3) is 0.0833. The summed E-state index contributed by atoms with van der Waals surface area (Å²) in [6.45, 7) is -0.138. The maximum absolute atomic E-state index is 8.96. The second-order valence-corrected chi connectivity index (χ2v) is 4.16. The molecule has 88 valence electrons. The first kappa shape index (κ1) is 12.2. The van der Waals surface area contributed by atoms with Crippen molar-refractivity contribution < 1.29 is 9.84 Å². The smallest absolute Gasteiger partial charge is 0.147 e. The Hall–Kier alpha value is -1.29. The molecule has 5 heteroatoms. The highest BCUT2D eigenvalue weighted by Crippen LogP contribution is 2.31. The van der Waals surface area contributed by atoms with E-state index in [1.807, 2.05) is 0 Å². The normalized spacial score (nSPS) is 10.3. The van der Waals surface area contributed by atoms with Gasteiger partial charge < -0.3 is 9.84 Å². The zero-order valence-corrected chi connectivity index (χ0v) is 10.2. The zero-order chi connectivity index (χ0) is 12.3. The largest absolute Gasteiger partial charge is 0.456 e. The summed E-state index contributed by atoms with van der Waals surface area (Å²) >= 11 is 11.8. The summed E-state index contributed by atoms with van der Waals surface area (Å²) < 4.78 is 5.56. The Labute approximate surface area is 109 Å². The molecule has 0 amide bonds. The van der Waals surface area contributed by atoms with Gasteiger partial charge in [-0.1, -0.05) is 23.2 Å². The van der Waals surface area contributed by atoms with Crippen LogP contribution in [0, 0.1) is 0 Å². The Morgan fingerprint density at radius 3 is 2.76 bits per heavy atom. The zero-order valence-electron chi connectivity index (χ0n) is 8.73. The Morgan fingerprint density at radius 1 is 1.18 bits per heavy atom. The summed E-state index contributed by atoms with van der Waals surface area (Å²) in [5, 5.41) is 9.97. The van der Waals surface area contributed by atoms with Crippen LogP contribution < -0.4 is 4.74 Å². The third kappa shape index (κ3) is 3.09. The van der Waals surface area contributed by atoms with Crippen LogP contribution in [-0.4, -0.2) is 10.1 Å². The molecular weight excluding hydrogens is 261 g/mol. The monoisotopic (exact) mass is 269 g/mol. The third-order valence-electron chi connectivity index (χ3n) is 2.07. The molecule has 3 nitrogen and oxygen atoms in total. The van der Waals surface area contributed by atoms with Gasteiger partial charge in [0.05, 0.1) is 17.3 Å². The van der Waals surface area contributed by atoms with E-state index in [1.165, 1.54) is 0 Å². The van der Waals surface area contributed by atoms with E-state index >= 15 is 0 Å². The molecule has 0 saturated heterocycles. The van der Waals surface area contributed by atoms with Crippen LogP contribution in [0.25, 0.3) is 0 Å². The minimum atomic E-state index is -0.138. The number of pyridine rings is 1. The molecule has 0 aliphatic carbocycles. The topological polar surface area (TPSA) is 42.4 Å². The molecule has 2 rings (SSSR count). The Kier molecular flexibility index (Phi) is 3.84. The highest BCUT2D eigenvalue weighted by molar-refractivity contribution is 6.34. The van der Waals surface area contributed by atoms with E-state index in [0.717, 1.165) is 0 Å². The standard InChI is InChI=1S/C12H9Cl2NO2/c13-8-1-2-11(14)12(5-8)17-10-3-4-15-9(6-10)7-16/h1-6,16H,7H2. The number of aliphatic hydroxyl groups excluding tert-OH is 1. The molecule has 1 N–H and O–H groups in total. The van der Waals surface area contributed by atoms with E-state index in [2.05, 4.69) is 4.98 Å². The predicted molar refractivity (Wildman–Crippen MR) is 66.7 cm³/mol. The molecule has 0 aliphatic rings. The SMILES string of the molecule is OCc1cc(Oc2cc(Cl)ccc2Cl)ccn1. The minimum absolute atomic E-state index is 0.138. The quantitative estimate of drug-likeness (QED) is 0.925. The second kappa shape index (κ2) is 5.36. The molecule has 0 radical (unpaired) electrons. The van der Waals surface area contributed by atoms with Crippen LogP contribution in [-0.2, 0) is 6.61 Å². The van der Waals surface area contributed by atoms with Gasteiger partial charge in [-0.2, -0.15) is 0 Å². The summed E-state index contributed by atoms with van der Waals surface area (Å²) in [5.41, 5.74) is 0.528. The number of hydrogen-bond donors (Lipinski definition) is 1. The number of hydrogen-bond acceptors (Lipinski definition) is 3. The van der Waals surface area contributed by atoms with Gasteiger partial charge in [0.15, 0.2) is 0 Å². The molecular formula is C12H9Cl2NO2. The Balaban J connectivity index is 2.27. The van der Waals surface area contributed by atoms with Crippen LogP contribution in [0.1, 0.15) is 5.69 Å². The van der Waals surface area contributed by atoms with E-state index < -0.39 is 0 Å². The molecule has 17 heavy (non-hydrogen) atoms. The van der Waals surface area contributed by atoms with Crippen molar-refractivity contribution in [2.45, 2.75) is 6.61 Å². The van der Waals surface area contributed by atoms with Crippen LogP contribution in [0.4, 0.5) is 0 Å². The maximum Gasteiger partial charge on any atom is 0.147 e. The first-order chi connectivity index (χ1) is 8.19. The van der Waals surface area contributed by atoms with Gasteiger partial charge >= 0.3 is 0 Å². The lowest BCUT2D eigenvalue weighted by atomic mass is 10.3. The molecule has 0 unspecified atom stereocenters. The van der Waals surface area contributed by atoms with Crippen molar-refractivity contribution in [1.82, 2.24) is 4.98 Å². The number of benzene rings is 1. The van der Waals surface area contributed by atoms with Crippen molar-refractivity contribution in [1.29, 1.82) is 0 Å². The Morgan fingerprint density at radius 2 is 2.00 bits per heavy atom. The molecule has 0 fully saturated rings. The highest BCUT2D eigenvalue weighted by atomic mass is 35.5. The van der Waals surface area contributed by atoms with Gasteiger partial charge in [-0.05, 0) is 18.2 Å². The van der Waals surface area contributed by atoms with Crippen molar-refractivity contribution in [3.8, 4) is 11.5 Å². The van der Waals surface area contributed by atoms with Crippen LogP contribution in [0.15, 0.2) is 36.5 Å². The lowest BCUT2D eigenvalue weighted by Crippen LogP contribution is -1.91. The summed E-state index contributed by atoms with van der Waals surface area (Å²) in [4.78, 5) is 3.95. The molecule has 0 atom stereocenters. The third-order valence-corrected chi connectivity index (χ3v) is 2.62. The number of aromatic nitrogens is 1. The lowest BCUT2D eigenvalue weighted by molar-refractivity contribution is 0.276. The number of halogens is 2. The van der Waals surface area contributed by atoms with Crippen LogP contribution in [0.3, 0.4) is 0 Å². The minimum Gasteiger partial charge on any atom is -0.456 e. The predicted octanol–water partition coefficient (Wildman–Crippen LogP) is 3.67. The average Bonchev–Trinajstić information content (AvgIpc) is 2.34. The van der Waals surface area contributed by atoms with E-state index in [4.69, 9.17) is 33.0 Å². The lowest BCUT2D eigenvalue weighted by Gasteiger charge is -2.08. The van der Waals surface area contributed by atoms with E-state index in [0.29, 0.717) is 27.2 Å². The van der Waals surface area contributed by atoms with Crippen LogP contribution in [0.5, 0.6) is 11.5 Å². The van der Waals surface area contributed by atoms with Crippen molar-refractivity contribution in [2.24, 2.45) is 0 Å². The van der Waals surface area contributed by atoms with Gasteiger partial charge in [0.25, 0.3) is 0 Å². The molecule has 1 aromatic heterocycles. The number of aliphatic hydroxyl groups is 1. The van der Waals surface area contributed by atoms with Crippen molar-refractivity contribution in [2.75, 3.05) is 0 Å². The van der Waals surface area contributed by atoms with E-state index in [9.17, 15) is 0 Å². The van der Waals surface area contributed by atoms with Gasteiger partial charge in [0.2, 0.25) is 0 Å². The summed E-state index contributed by atoms with van der Waals surface area (Å²) in [6, 6.07) is 8.28. The van der Waals surface area contributed by atoms with Crippen molar-refractivity contribution in [3.63, 3.8) is 0 Å². The number of nitrogens with zero attached hydrogens (tertiary/aromatic N) is 1. The average molecular weight is 270 g/mol. The van der Waals surface area contributed by atoms with Crippen LogP contribution >= 0.6 is 23.2 Å². The van der Waals surface area contributed by atoms with Crippen molar-refractivity contribution in [3.05, 3.63) is 52.3 Å². The van der Waals surface area contributed by atoms with Gasteiger partial charge in [-0.25, -0.2) is 0 Å². The fourth-order valence-corrected chi connectivity index (χ4v) is 1.61. The van der Waals surface area contributed by atoms with E-state index in [-0.39, 0.29) is 6.61 Å². The molecule has 0 aliphatic heterocycles. The number of rotatable bonds is 3. The second-order valence-electron chi connectivity index (χ2n) is 3.32. The maximum atomic E-state index is 8.96. The molecule has 1 aromatic carbocycles. The van der Waals surface area contributed by atoms with Gasteiger partial charge in [-0.3, -0.25) is 4.98 Å². The van der Waals surface area contributed by atoms with Gasteiger partial charge in [0.1, 0.15) is 11.5 Å². The summed E-state index contributed by atoms with van der Waals surface area (Å²) in [6.07, 6.45) is 1.55. The number of ether oxygens (including phenoxy) is 1. The molecule has 1 heterocycles. The molecule has 2 aromatic rings. The first-order valence-electron chi connectivity index (χ1n) is 4.88. The molecule has 0 bridgehead atoms. The summed E-state index contributed by atoms with van der Waals surface area (Å²) in [5.74, 6) is 1.02. The van der Waals surface area contributed by atoms with Crippen molar-refractivity contribution >= 4 is 23.2 Å².